The molecule has 0 saturated carbocycles. The van der Waals surface area contributed by atoms with Gasteiger partial charge < -0.3 is 33.2 Å². The molecule has 0 bridgehead atoms. The number of carbonyl (C=O) groups excluding carboxylic acids is 2. The molecule has 0 aliphatic heterocycles. The van der Waals surface area contributed by atoms with E-state index in [1.807, 2.05) is 0 Å². The van der Waals surface area contributed by atoms with Crippen LogP contribution in [0.15, 0.2) is 115 Å². The van der Waals surface area contributed by atoms with E-state index in [0.717, 1.165) is 68.8 Å². The van der Waals surface area contributed by atoms with E-state index in [-0.39, 0.29) is 137 Å². The van der Waals surface area contributed by atoms with Crippen molar-refractivity contribution in [3.8, 4) is 12.3 Å². The molecular weight excluding hydrogens is 1430 g/mol. The maximum Gasteiger partial charge on any atom is 1.00 e. The topological polar surface area (TPSA) is 386 Å². The predicted molar refractivity (Wildman–Crippen MR) is 304 cm³/mol. The molecule has 7 N–H and O–H groups in total. The van der Waals surface area contributed by atoms with Crippen LogP contribution in [0.4, 0.5) is 43.9 Å². The molecule has 0 saturated heterocycles. The Kier molecular flexibility index (Phi) is 43.5. The summed E-state index contributed by atoms with van der Waals surface area (Å²) in [7, 11) is 7.36. The van der Waals surface area contributed by atoms with Gasteiger partial charge in [-0.15, -0.1) is 57.3 Å². The van der Waals surface area contributed by atoms with Gasteiger partial charge in [-0.1, -0.05) is 51.1 Å². The van der Waals surface area contributed by atoms with Crippen molar-refractivity contribution in [1.82, 2.24) is 51.1 Å². The van der Waals surface area contributed by atoms with Crippen molar-refractivity contribution in [2.45, 2.75) is 32.1 Å². The van der Waals surface area contributed by atoms with Crippen LogP contribution in [0.25, 0.3) is 26.4 Å². The smallest absolute Gasteiger partial charge is 0.476 e. The summed E-state index contributed by atoms with van der Waals surface area (Å²) in [6.07, 6.45) is 7.88. The number of carboxylic acid groups (broad SMARTS) is 2. The van der Waals surface area contributed by atoms with Crippen molar-refractivity contribution < 1.29 is 107 Å². The van der Waals surface area contributed by atoms with Crippen molar-refractivity contribution in [2.24, 2.45) is 10.8 Å². The van der Waals surface area contributed by atoms with E-state index in [9.17, 15) is 58.3 Å². The van der Waals surface area contributed by atoms with E-state index in [1.165, 1.54) is 65.7 Å². The van der Waals surface area contributed by atoms with Gasteiger partial charge in [0, 0.05) is 60.0 Å². The van der Waals surface area contributed by atoms with Crippen LogP contribution < -0.4 is 41.4 Å². The third kappa shape index (κ3) is 31.6. The number of hydrogen-bond donors (Lipinski definition) is 4. The normalized spacial score (nSPS) is 9.25. The molecule has 0 spiro atoms. The summed E-state index contributed by atoms with van der Waals surface area (Å²) in [5.41, 5.74) is 25.3. The van der Waals surface area contributed by atoms with Gasteiger partial charge in [-0.25, -0.2) is 71.7 Å². The summed E-state index contributed by atoms with van der Waals surface area (Å²) >= 11 is 10.4. The van der Waals surface area contributed by atoms with E-state index in [4.69, 9.17) is 64.7 Å². The number of terminal acetylenes is 1. The molecule has 0 fully saturated rings. The van der Waals surface area contributed by atoms with Gasteiger partial charge in [0.2, 0.25) is 9.23 Å². The fourth-order valence-corrected chi connectivity index (χ4v) is 5.75. The minimum absolute atomic E-state index is 0. The first-order valence-corrected chi connectivity index (χ1v) is 25.4. The van der Waals surface area contributed by atoms with Crippen LogP contribution in [0.3, 0.4) is 0 Å². The molecule has 8 rings (SSSR count). The summed E-state index contributed by atoms with van der Waals surface area (Å²) in [6.45, 7) is -0.817. The SMILES string of the molecule is C#CC(=O)O.Fc1cccc(F)c1CCl.I.N.NC(=O)c1cn(Cc2c(F)cccc2F)nn1.O=C(Cl)c1cn(Cc2c(F)cccc2F)nn1.O=C(O)c1cn(Cc2c(F)cccc2F)nn1.O=S(Cl)Cl.[N-]=[N+]=NCc1c(F)cccc1F.[N-]=[N+]=[N-].[Na+]. The number of nitrogens with two attached hydrogens (primary N) is 1. The number of primary amides is 1. The van der Waals surface area contributed by atoms with Crippen LogP contribution in [0.1, 0.15) is 59.3 Å². The summed E-state index contributed by atoms with van der Waals surface area (Å²) in [5, 5.41) is 39.2. The summed E-state index contributed by atoms with van der Waals surface area (Å²) in [5.74, 6) is -8.59. The summed E-state index contributed by atoms with van der Waals surface area (Å²) in [6, 6.07) is 17.7. The number of aliphatic carboxylic acids is 1. The zero-order chi connectivity index (χ0) is 64.3. The number of carbonyl (C=O) groups is 4. The number of alkyl halides is 1. The Balaban J connectivity index is -0.000000981. The third-order valence-electron chi connectivity index (χ3n) is 9.11. The number of aromatic carboxylic acids is 1. The molecular formula is C47H37Cl4F10IN17NaO7S. The molecule has 0 radical (unpaired) electrons. The first-order valence-electron chi connectivity index (χ1n) is 21.7. The van der Waals surface area contributed by atoms with Crippen molar-refractivity contribution in [2.75, 3.05) is 0 Å². The quantitative estimate of drug-likeness (QED) is 0.0102. The van der Waals surface area contributed by atoms with Crippen LogP contribution in [-0.4, -0.2) is 82.5 Å². The van der Waals surface area contributed by atoms with Gasteiger partial charge in [-0.2, -0.15) is 0 Å². The van der Waals surface area contributed by atoms with Gasteiger partial charge in [-0.3, -0.25) is 14.5 Å². The van der Waals surface area contributed by atoms with E-state index in [2.05, 4.69) is 68.8 Å². The number of azide groups is 1. The Morgan fingerprint density at radius 2 is 0.830 bits per heavy atom. The standard InChI is InChI=1S/C10H6ClF2N3O.C10H8F2N4O.C10H7F2N3O2.C7H5ClF2.C7H5F2N3.C3H2O2.Cl2OS.HI.N3.H3N.Na/c11-10(17)9-5-16(15-14-9)4-6-7(12)2-1-3-8(6)13;11-7-2-1-3-8(12)6(7)4-16-5-9(10(13)17)14-15-16;11-7-2-1-3-8(12)6(7)4-15-5-9(10(16)17)13-14-15;8-4-5-6(9)2-1-3-7(5)10;8-6-2-1-3-7(9)5(6)4-11-12-10;1-2-3(4)5;1-4(2)3;;1-3-2;;/h1-3,5H,4H2;1-3,5H,4H2,(H2,13,17);1-3,5H,4H2,(H,16,17);1-3H,4H2;1-3H,4H2;1H,(H,4,5);;1H;;1H3;/q;;;;;;;;-1;;+1. The average Bonchev–Trinajstić information content (AvgIpc) is 3.83. The van der Waals surface area contributed by atoms with Crippen molar-refractivity contribution >= 4 is 101 Å². The molecule has 0 unspecified atom stereocenters. The molecule has 464 valence electrons. The number of halogens is 15. The minimum atomic E-state index is -1.67. The van der Waals surface area contributed by atoms with E-state index in [1.54, 1.807) is 0 Å². The van der Waals surface area contributed by atoms with E-state index < -0.39 is 90.5 Å². The molecule has 24 nitrogen and oxygen atoms in total. The van der Waals surface area contributed by atoms with Gasteiger partial charge in [0.15, 0.2) is 17.1 Å². The van der Waals surface area contributed by atoms with Gasteiger partial charge in [0.25, 0.3) is 11.1 Å². The number of benzene rings is 5. The Morgan fingerprint density at radius 1 is 0.580 bits per heavy atom. The Morgan fingerprint density at radius 3 is 1.03 bits per heavy atom. The number of carboxylic acids is 2. The van der Waals surface area contributed by atoms with E-state index >= 15 is 0 Å². The zero-order valence-corrected chi connectivity index (χ0v) is 52.2. The monoisotopic (exact) mass is 1460 g/mol. The number of amides is 1. The Labute approximate surface area is 549 Å². The number of hydrogen-bond acceptors (Lipinski definition) is 13. The van der Waals surface area contributed by atoms with Crippen molar-refractivity contribution in [3.63, 3.8) is 0 Å². The summed E-state index contributed by atoms with van der Waals surface area (Å²) in [4.78, 5) is 45.1. The molecule has 1 amide bonds. The maximum atomic E-state index is 13.3. The van der Waals surface area contributed by atoms with Gasteiger partial charge >= 0.3 is 41.5 Å². The second-order valence-electron chi connectivity index (χ2n) is 14.6. The molecule has 3 heterocycles. The van der Waals surface area contributed by atoms with Crippen LogP contribution in [0.2, 0.25) is 0 Å². The molecule has 3 aromatic heterocycles. The average molecular weight is 1470 g/mol. The van der Waals surface area contributed by atoms with Gasteiger partial charge in [-0.05, 0) is 77.8 Å². The minimum Gasteiger partial charge on any atom is -0.476 e. The van der Waals surface area contributed by atoms with Crippen LogP contribution in [0.5, 0.6) is 0 Å². The molecule has 5 aromatic carbocycles. The molecule has 41 heteroatoms. The largest absolute Gasteiger partial charge is 1.00 e. The first-order chi connectivity index (χ1) is 40.1. The molecule has 8 aromatic rings. The maximum absolute atomic E-state index is 13.3. The van der Waals surface area contributed by atoms with Crippen molar-refractivity contribution in [3.05, 3.63) is 239 Å². The molecule has 0 aliphatic carbocycles. The summed E-state index contributed by atoms with van der Waals surface area (Å²) < 4.78 is 143. The Hall–Kier alpha value is -7.92. The van der Waals surface area contributed by atoms with Crippen molar-refractivity contribution in [1.29, 1.82) is 0 Å². The fourth-order valence-electron chi connectivity index (χ4n) is 5.41. The second kappa shape index (κ2) is 45.4. The van der Waals surface area contributed by atoms with Gasteiger partial charge in [0.1, 0.15) is 58.2 Å². The van der Waals surface area contributed by atoms with Crippen LogP contribution >= 0.6 is 68.5 Å². The molecule has 0 atom stereocenters. The number of nitrogens with zero attached hydrogens (tertiary/aromatic N) is 15. The predicted octanol–water partition coefficient (Wildman–Crippen LogP) is 8.87. The molecule has 0 aliphatic rings. The fraction of sp³-hybridized carbons (Fsp3) is 0.106. The van der Waals surface area contributed by atoms with Gasteiger partial charge in [0.05, 0.1) is 50.6 Å². The van der Waals surface area contributed by atoms with Crippen LogP contribution in [-0.2, 0) is 46.1 Å². The number of aromatic nitrogens is 9. The second-order valence-corrected chi connectivity index (χ2v) is 17.7. The zero-order valence-electron chi connectivity index (χ0n) is 44.0. The van der Waals surface area contributed by atoms with Crippen LogP contribution in [0, 0.1) is 70.5 Å². The van der Waals surface area contributed by atoms with E-state index in [0.29, 0.717) is 0 Å². The number of rotatable bonds is 12. The third-order valence-corrected chi connectivity index (χ3v) is 9.57. The molecule has 88 heavy (non-hydrogen) atoms. The Bertz CT molecular complexity index is 3370. The first kappa shape index (κ1) is 84.3.